The quantitative estimate of drug-likeness (QED) is 0.304. The summed E-state index contributed by atoms with van der Waals surface area (Å²) in [7, 11) is 0. The molecule has 32 heavy (non-hydrogen) atoms. The normalized spacial score (nSPS) is 10.5. The van der Waals surface area contributed by atoms with Crippen molar-refractivity contribution in [2.45, 2.75) is 11.7 Å². The summed E-state index contributed by atoms with van der Waals surface area (Å²) in [4.78, 5) is 18.5. The molecule has 0 aliphatic rings. The first-order valence-electron chi connectivity index (χ1n) is 9.99. The second-order valence-electron chi connectivity index (χ2n) is 6.88. The molecule has 1 amide bonds. The molecule has 0 radical (unpaired) electrons. The summed E-state index contributed by atoms with van der Waals surface area (Å²) in [6.45, 7) is 0.561. The maximum atomic E-state index is 12.9. The highest BCUT2D eigenvalue weighted by atomic mass is 32.2. The van der Waals surface area contributed by atoms with Crippen molar-refractivity contribution in [1.29, 1.82) is 5.26 Å². The average Bonchev–Trinajstić information content (AvgIpc) is 3.25. The summed E-state index contributed by atoms with van der Waals surface area (Å²) >= 11 is 1.31. The number of carbonyl (C=O) groups excluding carboxylic acids is 1. The summed E-state index contributed by atoms with van der Waals surface area (Å²) in [6.07, 6.45) is 3.43. The van der Waals surface area contributed by atoms with Crippen molar-refractivity contribution in [3.8, 4) is 17.5 Å². The largest absolute Gasteiger partial charge is 0.298 e. The molecule has 0 saturated heterocycles. The van der Waals surface area contributed by atoms with E-state index in [2.05, 4.69) is 21.3 Å². The Labute approximate surface area is 190 Å². The van der Waals surface area contributed by atoms with Gasteiger partial charge in [0, 0.05) is 23.6 Å². The lowest BCUT2D eigenvalue weighted by Crippen LogP contribution is -2.32. The maximum Gasteiger partial charge on any atom is 0.238 e. The predicted octanol–water partition coefficient (Wildman–Crippen LogP) is 4.04. The van der Waals surface area contributed by atoms with Crippen LogP contribution in [0.1, 0.15) is 5.56 Å². The number of carbonyl (C=O) groups is 1. The van der Waals surface area contributed by atoms with E-state index >= 15 is 0 Å². The summed E-state index contributed by atoms with van der Waals surface area (Å²) < 4.78 is 2.00. The van der Waals surface area contributed by atoms with Crippen LogP contribution in [-0.4, -0.2) is 38.0 Å². The number of anilines is 1. The molecule has 0 saturated carbocycles. The molecule has 7 nitrogen and oxygen atoms in total. The molecule has 8 heteroatoms. The van der Waals surface area contributed by atoms with Gasteiger partial charge in [-0.3, -0.25) is 19.2 Å². The van der Waals surface area contributed by atoms with E-state index in [4.69, 9.17) is 0 Å². The molecule has 0 N–H and O–H groups in total. The summed E-state index contributed by atoms with van der Waals surface area (Å²) in [5, 5.41) is 18.6. The molecule has 158 valence electrons. The fourth-order valence-corrected chi connectivity index (χ4v) is 4.04. The molecular weight excluding hydrogens is 420 g/mol. The highest BCUT2D eigenvalue weighted by Crippen LogP contribution is 2.26. The molecule has 0 spiro atoms. The van der Waals surface area contributed by atoms with E-state index < -0.39 is 0 Å². The van der Waals surface area contributed by atoms with Gasteiger partial charge in [-0.15, -0.1) is 10.2 Å². The number of benzene rings is 2. The zero-order chi connectivity index (χ0) is 22.2. The van der Waals surface area contributed by atoms with E-state index in [1.165, 1.54) is 16.7 Å². The third-order valence-electron chi connectivity index (χ3n) is 4.76. The fraction of sp³-hybridized carbons (Fsp3) is 0.125. The Morgan fingerprint density at radius 2 is 1.66 bits per heavy atom. The molecule has 2 aromatic heterocycles. The molecule has 4 rings (SSSR count). The third kappa shape index (κ3) is 5.02. The number of pyridine rings is 1. The second kappa shape index (κ2) is 10.4. The van der Waals surface area contributed by atoms with Crippen LogP contribution in [0.4, 0.5) is 5.69 Å². The SMILES string of the molecule is N#CCN(C(=O)CSc1nnc(-c2ccncc2)n1Cc1ccccc1)c1ccccc1. The van der Waals surface area contributed by atoms with Gasteiger partial charge in [-0.2, -0.15) is 5.26 Å². The van der Waals surface area contributed by atoms with Crippen molar-refractivity contribution in [3.05, 3.63) is 90.8 Å². The Morgan fingerprint density at radius 1 is 0.969 bits per heavy atom. The van der Waals surface area contributed by atoms with Crippen molar-refractivity contribution in [1.82, 2.24) is 19.7 Å². The molecular formula is C24H20N6OS. The number of amides is 1. The summed E-state index contributed by atoms with van der Waals surface area (Å²) in [5.41, 5.74) is 2.70. The van der Waals surface area contributed by atoms with E-state index in [9.17, 15) is 10.1 Å². The molecule has 0 unspecified atom stereocenters. The second-order valence-corrected chi connectivity index (χ2v) is 7.82. The van der Waals surface area contributed by atoms with Crippen LogP contribution in [0.3, 0.4) is 0 Å². The molecule has 4 aromatic rings. The predicted molar refractivity (Wildman–Crippen MR) is 124 cm³/mol. The van der Waals surface area contributed by atoms with Gasteiger partial charge in [-0.1, -0.05) is 60.3 Å². The first-order valence-corrected chi connectivity index (χ1v) is 11.0. The Hall–Kier alpha value is -3.96. The minimum Gasteiger partial charge on any atom is -0.298 e. The van der Waals surface area contributed by atoms with Gasteiger partial charge in [-0.05, 0) is 29.8 Å². The van der Waals surface area contributed by atoms with Crippen LogP contribution in [0.25, 0.3) is 11.4 Å². The van der Waals surface area contributed by atoms with E-state index in [0.717, 1.165) is 11.1 Å². The Balaban J connectivity index is 1.58. The van der Waals surface area contributed by atoms with Crippen LogP contribution in [0.2, 0.25) is 0 Å². The number of nitrogens with zero attached hydrogens (tertiary/aromatic N) is 6. The van der Waals surface area contributed by atoms with Crippen molar-refractivity contribution in [2.24, 2.45) is 0 Å². The van der Waals surface area contributed by atoms with E-state index in [1.807, 2.05) is 77.4 Å². The summed E-state index contributed by atoms with van der Waals surface area (Å²) in [5.74, 6) is 0.686. The first kappa shape index (κ1) is 21.3. The van der Waals surface area contributed by atoms with Gasteiger partial charge in [0.2, 0.25) is 5.91 Å². The molecule has 2 aromatic carbocycles. The van der Waals surface area contributed by atoms with Gasteiger partial charge in [0.25, 0.3) is 0 Å². The molecule has 0 atom stereocenters. The van der Waals surface area contributed by atoms with Crippen LogP contribution in [0.15, 0.2) is 90.3 Å². The number of hydrogen-bond acceptors (Lipinski definition) is 6. The highest BCUT2D eigenvalue weighted by molar-refractivity contribution is 7.99. The molecule has 2 heterocycles. The molecule has 0 fully saturated rings. The van der Waals surface area contributed by atoms with Gasteiger partial charge in [0.15, 0.2) is 11.0 Å². The number of nitriles is 1. The lowest BCUT2D eigenvalue weighted by atomic mass is 10.2. The minimum atomic E-state index is -0.164. The molecule has 0 aliphatic carbocycles. The smallest absolute Gasteiger partial charge is 0.238 e. The minimum absolute atomic E-state index is 0.0115. The van der Waals surface area contributed by atoms with E-state index in [0.29, 0.717) is 23.2 Å². The van der Waals surface area contributed by atoms with Crippen molar-refractivity contribution < 1.29 is 4.79 Å². The van der Waals surface area contributed by atoms with Gasteiger partial charge >= 0.3 is 0 Å². The zero-order valence-corrected chi connectivity index (χ0v) is 18.0. The highest BCUT2D eigenvalue weighted by Gasteiger charge is 2.19. The number of thioether (sulfide) groups is 1. The summed E-state index contributed by atoms with van der Waals surface area (Å²) in [6, 6.07) is 25.1. The van der Waals surface area contributed by atoms with Gasteiger partial charge < -0.3 is 0 Å². The maximum absolute atomic E-state index is 12.9. The standard InChI is InChI=1S/C24H20N6OS/c25-13-16-29(21-9-5-2-6-10-21)22(31)18-32-24-28-27-23(20-11-14-26-15-12-20)30(24)17-19-7-3-1-4-8-19/h1-12,14-15H,16-18H2. The Bertz CT molecular complexity index is 1210. The number of rotatable bonds is 8. The van der Waals surface area contributed by atoms with E-state index in [1.54, 1.807) is 12.4 Å². The van der Waals surface area contributed by atoms with Crippen molar-refractivity contribution >= 4 is 23.4 Å². The van der Waals surface area contributed by atoms with Crippen LogP contribution >= 0.6 is 11.8 Å². The van der Waals surface area contributed by atoms with Gasteiger partial charge in [0.05, 0.1) is 18.4 Å². The van der Waals surface area contributed by atoms with Gasteiger partial charge in [0.1, 0.15) is 6.54 Å². The Morgan fingerprint density at radius 3 is 2.34 bits per heavy atom. The monoisotopic (exact) mass is 440 g/mol. The van der Waals surface area contributed by atoms with Crippen LogP contribution < -0.4 is 4.90 Å². The Kier molecular flexibility index (Phi) is 6.90. The van der Waals surface area contributed by atoms with Crippen molar-refractivity contribution in [3.63, 3.8) is 0 Å². The van der Waals surface area contributed by atoms with Gasteiger partial charge in [-0.25, -0.2) is 0 Å². The lowest BCUT2D eigenvalue weighted by Gasteiger charge is -2.19. The number of hydrogen-bond donors (Lipinski definition) is 0. The fourth-order valence-electron chi connectivity index (χ4n) is 3.22. The van der Waals surface area contributed by atoms with E-state index in [-0.39, 0.29) is 18.2 Å². The average molecular weight is 441 g/mol. The van der Waals surface area contributed by atoms with Crippen LogP contribution in [0.5, 0.6) is 0 Å². The third-order valence-corrected chi connectivity index (χ3v) is 5.71. The lowest BCUT2D eigenvalue weighted by molar-refractivity contribution is -0.116. The molecule has 0 bridgehead atoms. The zero-order valence-electron chi connectivity index (χ0n) is 17.2. The first-order chi connectivity index (χ1) is 15.8. The number of aromatic nitrogens is 4. The van der Waals surface area contributed by atoms with Crippen molar-refractivity contribution in [2.75, 3.05) is 17.2 Å². The number of para-hydroxylation sites is 1. The molecule has 0 aliphatic heterocycles. The topological polar surface area (TPSA) is 87.7 Å². The van der Waals surface area contributed by atoms with Crippen LogP contribution in [-0.2, 0) is 11.3 Å². The van der Waals surface area contributed by atoms with Crippen LogP contribution in [0, 0.1) is 11.3 Å².